The van der Waals surface area contributed by atoms with Crippen LogP contribution in [0.4, 0.5) is 0 Å². The van der Waals surface area contributed by atoms with E-state index in [0.717, 1.165) is 19.3 Å². The summed E-state index contributed by atoms with van der Waals surface area (Å²) in [5.74, 6) is 3.72. The van der Waals surface area contributed by atoms with Crippen LogP contribution in [0.3, 0.4) is 0 Å². The summed E-state index contributed by atoms with van der Waals surface area (Å²) in [4.78, 5) is 11.5. The van der Waals surface area contributed by atoms with Crippen molar-refractivity contribution in [3.05, 3.63) is 0 Å². The lowest BCUT2D eigenvalue weighted by molar-refractivity contribution is -0.125. The Labute approximate surface area is 67.2 Å². The molecule has 1 nitrogen and oxygen atoms in total. The van der Waals surface area contributed by atoms with Crippen molar-refractivity contribution in [1.82, 2.24) is 0 Å². The average molecular weight is 148 g/mol. The molecule has 0 aromatic heterocycles. The molecule has 0 aliphatic heterocycles. The maximum Gasteiger partial charge on any atom is 0.140 e. The van der Waals surface area contributed by atoms with Crippen molar-refractivity contribution >= 4 is 5.78 Å². The molecule has 2 atom stereocenters. The van der Waals surface area contributed by atoms with Gasteiger partial charge in [0.25, 0.3) is 0 Å². The molecule has 0 bridgehead atoms. The molecular formula is C10H12O. The van der Waals surface area contributed by atoms with Crippen molar-refractivity contribution in [3.8, 4) is 12.3 Å². The van der Waals surface area contributed by atoms with Gasteiger partial charge >= 0.3 is 0 Å². The fraction of sp³-hybridized carbons (Fsp3) is 0.700. The second-order valence-electron chi connectivity index (χ2n) is 3.75. The van der Waals surface area contributed by atoms with Crippen LogP contribution >= 0.6 is 0 Å². The lowest BCUT2D eigenvalue weighted by atomic mass is 9.85. The van der Waals surface area contributed by atoms with E-state index < -0.39 is 0 Å². The number of terminal acetylenes is 1. The standard InChI is InChI=1S/C10H12O/c1-2-6-10-7-8(10)4-3-5-9(10)11/h1,8H,3-7H2/t8-,10+/m1/s1. The molecule has 0 N–H and O–H groups in total. The minimum atomic E-state index is -0.0208. The largest absolute Gasteiger partial charge is 0.299 e. The molecule has 58 valence electrons. The fourth-order valence-corrected chi connectivity index (χ4v) is 2.36. The van der Waals surface area contributed by atoms with E-state index in [2.05, 4.69) is 5.92 Å². The predicted octanol–water partition coefficient (Wildman–Crippen LogP) is 1.77. The summed E-state index contributed by atoms with van der Waals surface area (Å²) in [6.45, 7) is 0. The third-order valence-electron chi connectivity index (χ3n) is 3.16. The van der Waals surface area contributed by atoms with Crippen LogP contribution in [0.15, 0.2) is 0 Å². The first-order chi connectivity index (χ1) is 5.29. The van der Waals surface area contributed by atoms with E-state index in [4.69, 9.17) is 6.42 Å². The molecule has 0 heterocycles. The molecule has 0 spiro atoms. The summed E-state index contributed by atoms with van der Waals surface area (Å²) in [6, 6.07) is 0. The van der Waals surface area contributed by atoms with Gasteiger partial charge in [0.05, 0.1) is 0 Å². The Kier molecular flexibility index (Phi) is 1.32. The number of carbonyl (C=O) groups is 1. The molecule has 2 aliphatic carbocycles. The minimum absolute atomic E-state index is 0.0208. The maximum absolute atomic E-state index is 11.5. The van der Waals surface area contributed by atoms with E-state index >= 15 is 0 Å². The summed E-state index contributed by atoms with van der Waals surface area (Å²) < 4.78 is 0. The molecule has 0 unspecified atom stereocenters. The van der Waals surface area contributed by atoms with Gasteiger partial charge in [-0.15, -0.1) is 12.3 Å². The average Bonchev–Trinajstić information content (AvgIpc) is 2.66. The van der Waals surface area contributed by atoms with Crippen molar-refractivity contribution in [3.63, 3.8) is 0 Å². The topological polar surface area (TPSA) is 17.1 Å². The van der Waals surface area contributed by atoms with E-state index in [1.807, 2.05) is 0 Å². The molecular weight excluding hydrogens is 136 g/mol. The number of hydrogen-bond donors (Lipinski definition) is 0. The maximum atomic E-state index is 11.5. The van der Waals surface area contributed by atoms with Crippen LogP contribution in [0.25, 0.3) is 0 Å². The number of rotatable bonds is 1. The second-order valence-corrected chi connectivity index (χ2v) is 3.75. The number of ketones is 1. The normalized spacial score (nSPS) is 41.0. The smallest absolute Gasteiger partial charge is 0.140 e. The first kappa shape index (κ1) is 6.91. The lowest BCUT2D eigenvalue weighted by Crippen LogP contribution is -2.21. The van der Waals surface area contributed by atoms with E-state index in [9.17, 15) is 4.79 Å². The fourth-order valence-electron chi connectivity index (χ4n) is 2.36. The van der Waals surface area contributed by atoms with Gasteiger partial charge < -0.3 is 0 Å². The second kappa shape index (κ2) is 2.11. The molecule has 2 fully saturated rings. The first-order valence-electron chi connectivity index (χ1n) is 4.26. The zero-order chi connectivity index (χ0) is 7.90. The van der Waals surface area contributed by atoms with Crippen molar-refractivity contribution < 1.29 is 4.79 Å². The zero-order valence-electron chi connectivity index (χ0n) is 6.60. The van der Waals surface area contributed by atoms with E-state index in [0.29, 0.717) is 18.1 Å². The molecule has 2 saturated carbocycles. The van der Waals surface area contributed by atoms with Crippen molar-refractivity contribution in [1.29, 1.82) is 0 Å². The Morgan fingerprint density at radius 3 is 3.18 bits per heavy atom. The van der Waals surface area contributed by atoms with Gasteiger partial charge in [-0.25, -0.2) is 0 Å². The number of carbonyl (C=O) groups excluding carboxylic acids is 1. The summed E-state index contributed by atoms with van der Waals surface area (Å²) in [5, 5.41) is 0. The quantitative estimate of drug-likeness (QED) is 0.518. The van der Waals surface area contributed by atoms with E-state index in [-0.39, 0.29) is 5.41 Å². The molecule has 2 aliphatic rings. The van der Waals surface area contributed by atoms with Crippen molar-refractivity contribution in [2.45, 2.75) is 32.1 Å². The van der Waals surface area contributed by atoms with Crippen LogP contribution < -0.4 is 0 Å². The van der Waals surface area contributed by atoms with Crippen molar-refractivity contribution in [2.24, 2.45) is 11.3 Å². The minimum Gasteiger partial charge on any atom is -0.299 e. The Balaban J connectivity index is 2.15. The van der Waals surface area contributed by atoms with Gasteiger partial charge in [-0.3, -0.25) is 4.79 Å². The van der Waals surface area contributed by atoms with E-state index in [1.54, 1.807) is 0 Å². The molecule has 1 heteroatoms. The third-order valence-corrected chi connectivity index (χ3v) is 3.16. The molecule has 0 saturated heterocycles. The van der Waals surface area contributed by atoms with Gasteiger partial charge in [0, 0.05) is 18.3 Å². The number of fused-ring (bicyclic) bond motifs is 1. The van der Waals surface area contributed by atoms with Gasteiger partial charge in [-0.2, -0.15) is 0 Å². The van der Waals surface area contributed by atoms with Crippen LogP contribution in [0.2, 0.25) is 0 Å². The summed E-state index contributed by atoms with van der Waals surface area (Å²) in [7, 11) is 0. The van der Waals surface area contributed by atoms with Gasteiger partial charge in [0.15, 0.2) is 0 Å². The molecule has 0 radical (unpaired) electrons. The van der Waals surface area contributed by atoms with Gasteiger partial charge in [0.2, 0.25) is 0 Å². The van der Waals surface area contributed by atoms with Crippen LogP contribution in [-0.2, 0) is 4.79 Å². The van der Waals surface area contributed by atoms with E-state index in [1.165, 1.54) is 6.42 Å². The number of hydrogen-bond acceptors (Lipinski definition) is 1. The van der Waals surface area contributed by atoms with Crippen molar-refractivity contribution in [2.75, 3.05) is 0 Å². The van der Waals surface area contributed by atoms with Gasteiger partial charge in [-0.05, 0) is 25.2 Å². The number of Topliss-reactive ketones (excluding diaryl/α,β-unsaturated/α-hetero) is 1. The predicted molar refractivity (Wildman–Crippen MR) is 42.8 cm³/mol. The molecule has 2 rings (SSSR count). The third kappa shape index (κ3) is 0.822. The summed E-state index contributed by atoms with van der Waals surface area (Å²) in [6.07, 6.45) is 10.1. The Bertz CT molecular complexity index is 236. The molecule has 0 aromatic carbocycles. The highest BCUT2D eigenvalue weighted by molar-refractivity contribution is 5.89. The zero-order valence-corrected chi connectivity index (χ0v) is 6.60. The highest BCUT2D eigenvalue weighted by Crippen LogP contribution is 2.61. The van der Waals surface area contributed by atoms with Crippen LogP contribution in [0.5, 0.6) is 0 Å². The molecule has 0 aromatic rings. The van der Waals surface area contributed by atoms with Gasteiger partial charge in [-0.1, -0.05) is 0 Å². The summed E-state index contributed by atoms with van der Waals surface area (Å²) >= 11 is 0. The lowest BCUT2D eigenvalue weighted by Gasteiger charge is -2.17. The Hall–Kier alpha value is -0.770. The summed E-state index contributed by atoms with van der Waals surface area (Å²) in [5.41, 5.74) is -0.0208. The molecule has 0 amide bonds. The van der Waals surface area contributed by atoms with Gasteiger partial charge in [0.1, 0.15) is 5.78 Å². The highest BCUT2D eigenvalue weighted by Gasteiger charge is 2.59. The van der Waals surface area contributed by atoms with Crippen LogP contribution in [0, 0.1) is 23.7 Å². The highest BCUT2D eigenvalue weighted by atomic mass is 16.1. The van der Waals surface area contributed by atoms with Crippen LogP contribution in [-0.4, -0.2) is 5.78 Å². The molecule has 11 heavy (non-hydrogen) atoms. The SMILES string of the molecule is C#CC[C@]12C[C@H]1CCCC2=O. The Morgan fingerprint density at radius 1 is 1.73 bits per heavy atom. The van der Waals surface area contributed by atoms with Crippen LogP contribution in [0.1, 0.15) is 32.1 Å². The first-order valence-corrected chi connectivity index (χ1v) is 4.26. The monoisotopic (exact) mass is 148 g/mol. The Morgan fingerprint density at radius 2 is 2.55 bits per heavy atom.